The highest BCUT2D eigenvalue weighted by atomic mass is 32.2. The molecule has 0 bridgehead atoms. The first-order valence-corrected chi connectivity index (χ1v) is 26.8. The predicted molar refractivity (Wildman–Crippen MR) is 272 cm³/mol. The van der Waals surface area contributed by atoms with Crippen molar-refractivity contribution in [3.8, 4) is 0 Å². The topological polar surface area (TPSA) is 137 Å². The summed E-state index contributed by atoms with van der Waals surface area (Å²) in [5.41, 5.74) is 8.56. The first-order valence-electron chi connectivity index (χ1n) is 24.0. The molecule has 2 aliphatic heterocycles. The molecule has 0 saturated carbocycles. The lowest BCUT2D eigenvalue weighted by Crippen LogP contribution is -2.45. The van der Waals surface area contributed by atoms with Crippen LogP contribution < -0.4 is 9.44 Å². The standard InChI is InChI=1S/C26H42N4O2S.C24H38N4O2S/c1-5-9-15-30(16-10-6-2)33(31,32)28-22-11-12-26-24(19-22)25(20-27-26)21-13-17-29(18-14-21)23(7-3)8-4;1-17(2)28(18(3)4)31(29,30)26-20-8-9-23-21(14-20)22(15-25-23)19-10-12-27(13-11-19)16-24(5,6)7/h11-13,19-20,23,27-28H,5-10,14-18H2,1-4H3;8-10,14-15,17-18,25-26H,11-13,16H2,1-7H3. The quantitative estimate of drug-likeness (QED) is 0.0697. The van der Waals surface area contributed by atoms with Crippen LogP contribution in [0.2, 0.25) is 0 Å². The highest BCUT2D eigenvalue weighted by molar-refractivity contribution is 7.90. The molecule has 0 amide bonds. The van der Waals surface area contributed by atoms with Gasteiger partial charge in [0.2, 0.25) is 0 Å². The normalized spacial score (nSPS) is 16.0. The summed E-state index contributed by atoms with van der Waals surface area (Å²) in [4.78, 5) is 11.8. The van der Waals surface area contributed by atoms with Crippen LogP contribution in [0.4, 0.5) is 11.4 Å². The SMILES string of the molecule is CC(C)N(C(C)C)S(=O)(=O)Nc1ccc2[nH]cc(C3=CCN(CC(C)(C)C)CC3)c2c1.CCCCN(CCCC)S(=O)(=O)Nc1ccc2[nH]cc(C3=CCN(C(CC)CC)CC3)c2c1. The van der Waals surface area contributed by atoms with Crippen molar-refractivity contribution in [2.45, 2.75) is 146 Å². The van der Waals surface area contributed by atoms with Crippen LogP contribution in [0.1, 0.15) is 139 Å². The second-order valence-electron chi connectivity index (χ2n) is 19.5. The Kier molecular flexibility index (Phi) is 18.2. The average Bonchev–Trinajstić information content (AvgIpc) is 3.85. The van der Waals surface area contributed by atoms with Gasteiger partial charge in [0.1, 0.15) is 0 Å². The summed E-state index contributed by atoms with van der Waals surface area (Å²) in [5.74, 6) is 0. The lowest BCUT2D eigenvalue weighted by molar-refractivity contribution is 0.205. The van der Waals surface area contributed by atoms with Crippen LogP contribution in [0.25, 0.3) is 33.0 Å². The third-order valence-corrected chi connectivity index (χ3v) is 15.8. The molecule has 2 aliphatic rings. The Morgan fingerprint density at radius 3 is 1.58 bits per heavy atom. The van der Waals surface area contributed by atoms with Gasteiger partial charge >= 0.3 is 20.4 Å². The zero-order valence-corrected chi connectivity index (χ0v) is 42.5. The van der Waals surface area contributed by atoms with Crippen LogP contribution in [0.3, 0.4) is 0 Å². The molecule has 0 aliphatic carbocycles. The van der Waals surface area contributed by atoms with Gasteiger partial charge in [0.05, 0.1) is 11.4 Å². The summed E-state index contributed by atoms with van der Waals surface area (Å²) in [6.45, 7) is 29.3. The Morgan fingerprint density at radius 1 is 0.688 bits per heavy atom. The molecule has 4 N–H and O–H groups in total. The lowest BCUT2D eigenvalue weighted by Gasteiger charge is -2.33. The number of unbranched alkanes of at least 4 members (excludes halogenated alkanes) is 2. The van der Waals surface area contributed by atoms with Crippen molar-refractivity contribution in [1.82, 2.24) is 28.4 Å². The molecule has 12 nitrogen and oxygen atoms in total. The van der Waals surface area contributed by atoms with Crippen molar-refractivity contribution in [1.29, 1.82) is 0 Å². The molecular formula is C50H80N8O4S2. The minimum absolute atomic E-state index is 0.118. The fourth-order valence-corrected chi connectivity index (χ4v) is 12.3. The largest absolute Gasteiger partial charge is 0.361 e. The van der Waals surface area contributed by atoms with Gasteiger partial charge in [-0.05, 0) is 119 Å². The molecule has 0 atom stereocenters. The zero-order chi connectivity index (χ0) is 46.8. The Bertz CT molecular complexity index is 2390. The van der Waals surface area contributed by atoms with Crippen molar-refractivity contribution in [2.24, 2.45) is 5.41 Å². The molecule has 0 radical (unpaired) electrons. The fourth-order valence-electron chi connectivity index (χ4n) is 9.32. The first kappa shape index (κ1) is 51.3. The van der Waals surface area contributed by atoms with Crippen molar-refractivity contribution >= 4 is 64.7 Å². The molecule has 0 saturated heterocycles. The molecule has 4 aromatic rings. The Balaban J connectivity index is 0.000000241. The molecule has 2 aromatic carbocycles. The smallest absolute Gasteiger partial charge is 0.302 e. The van der Waals surface area contributed by atoms with E-state index in [2.05, 4.69) is 96.0 Å². The number of H-pyrrole nitrogens is 2. The van der Waals surface area contributed by atoms with E-state index in [4.69, 9.17) is 0 Å². The summed E-state index contributed by atoms with van der Waals surface area (Å²) in [6, 6.07) is 11.9. The maximum absolute atomic E-state index is 13.1. The number of aromatic nitrogens is 2. The number of benzene rings is 2. The van der Waals surface area contributed by atoms with Crippen LogP contribution >= 0.6 is 0 Å². The number of anilines is 2. The minimum Gasteiger partial charge on any atom is -0.361 e. The van der Waals surface area contributed by atoms with Crippen LogP contribution in [-0.4, -0.2) is 109 Å². The van der Waals surface area contributed by atoms with Crippen LogP contribution in [0.15, 0.2) is 60.9 Å². The van der Waals surface area contributed by atoms with Crippen LogP contribution in [0.5, 0.6) is 0 Å². The van der Waals surface area contributed by atoms with Gasteiger partial charge in [0.15, 0.2) is 0 Å². The Morgan fingerprint density at radius 2 is 1.17 bits per heavy atom. The second-order valence-corrected chi connectivity index (χ2v) is 22.7. The van der Waals surface area contributed by atoms with Crippen molar-refractivity contribution in [3.63, 3.8) is 0 Å². The fraction of sp³-hybridized carbons (Fsp3) is 0.600. The average molecular weight is 921 g/mol. The van der Waals surface area contributed by atoms with Crippen LogP contribution in [0, 0.1) is 5.41 Å². The predicted octanol–water partition coefficient (Wildman–Crippen LogP) is 11.1. The molecule has 64 heavy (non-hydrogen) atoms. The van der Waals surface area contributed by atoms with E-state index in [1.54, 1.807) is 4.31 Å². The number of nitrogens with zero attached hydrogens (tertiary/aromatic N) is 4. The number of fused-ring (bicyclic) bond motifs is 2. The van der Waals surface area contributed by atoms with Crippen LogP contribution in [-0.2, 0) is 20.4 Å². The molecule has 6 rings (SSSR count). The van der Waals surface area contributed by atoms with E-state index < -0.39 is 20.4 Å². The Hall–Kier alpha value is -3.66. The number of aromatic amines is 2. The number of rotatable bonds is 20. The van der Waals surface area contributed by atoms with Gasteiger partial charge in [-0.25, -0.2) is 0 Å². The summed E-state index contributed by atoms with van der Waals surface area (Å²) in [7, 11) is -7.22. The minimum atomic E-state index is -3.64. The van der Waals surface area contributed by atoms with Gasteiger partial charge < -0.3 is 9.97 Å². The monoisotopic (exact) mass is 921 g/mol. The van der Waals surface area contributed by atoms with Gasteiger partial charge in [-0.1, -0.05) is 73.5 Å². The van der Waals surface area contributed by atoms with E-state index in [-0.39, 0.29) is 17.5 Å². The molecular weight excluding hydrogens is 841 g/mol. The number of hydrogen-bond donors (Lipinski definition) is 4. The third-order valence-electron chi connectivity index (χ3n) is 12.4. The van der Waals surface area contributed by atoms with Gasteiger partial charge in [-0.3, -0.25) is 19.2 Å². The van der Waals surface area contributed by atoms with Gasteiger partial charge in [-0.15, -0.1) is 0 Å². The van der Waals surface area contributed by atoms with Crippen molar-refractivity contribution < 1.29 is 16.8 Å². The summed E-state index contributed by atoms with van der Waals surface area (Å²) < 4.78 is 60.9. The van der Waals surface area contributed by atoms with Crippen molar-refractivity contribution in [2.75, 3.05) is 55.3 Å². The highest BCUT2D eigenvalue weighted by Gasteiger charge is 2.28. The van der Waals surface area contributed by atoms with E-state index in [1.807, 2.05) is 70.3 Å². The van der Waals surface area contributed by atoms with Gasteiger partial charge in [-0.2, -0.15) is 25.4 Å². The van der Waals surface area contributed by atoms with E-state index in [9.17, 15) is 16.8 Å². The summed E-state index contributed by atoms with van der Waals surface area (Å²) >= 11 is 0. The summed E-state index contributed by atoms with van der Waals surface area (Å²) in [6.07, 6.45) is 16.8. The van der Waals surface area contributed by atoms with E-state index in [0.29, 0.717) is 30.5 Å². The molecule has 2 aromatic heterocycles. The lowest BCUT2D eigenvalue weighted by atomic mass is 9.93. The first-order chi connectivity index (χ1) is 30.3. The second kappa shape index (κ2) is 22.7. The maximum atomic E-state index is 13.1. The maximum Gasteiger partial charge on any atom is 0.302 e. The molecule has 356 valence electrons. The highest BCUT2D eigenvalue weighted by Crippen LogP contribution is 2.34. The van der Waals surface area contributed by atoms with E-state index >= 15 is 0 Å². The Labute approximate surface area is 386 Å². The molecule has 0 fully saturated rings. The zero-order valence-electron chi connectivity index (χ0n) is 40.9. The van der Waals surface area contributed by atoms with Crippen molar-refractivity contribution in [3.05, 3.63) is 72.1 Å². The van der Waals surface area contributed by atoms with E-state index in [0.717, 1.165) is 98.6 Å². The number of hydrogen-bond acceptors (Lipinski definition) is 6. The molecule has 4 heterocycles. The molecule has 14 heteroatoms. The molecule has 0 spiro atoms. The summed E-state index contributed by atoms with van der Waals surface area (Å²) in [5, 5.41) is 2.13. The third kappa shape index (κ3) is 13.5. The molecule has 0 unspecified atom stereocenters. The van der Waals surface area contributed by atoms with Gasteiger partial charge in [0, 0.05) is 109 Å². The number of nitrogens with one attached hydrogen (secondary N) is 4. The van der Waals surface area contributed by atoms with E-state index in [1.165, 1.54) is 33.9 Å². The van der Waals surface area contributed by atoms with Gasteiger partial charge in [0.25, 0.3) is 0 Å².